The molecule has 5 heteroatoms. The van der Waals surface area contributed by atoms with Crippen molar-refractivity contribution < 1.29 is 9.50 Å². The van der Waals surface area contributed by atoms with E-state index in [0.29, 0.717) is 18.7 Å². The number of β-amino-alcohol motifs (C(OH)–C–C–N with tert-alkyl or cyclic N) is 1. The first-order chi connectivity index (χ1) is 9.72. The standard InChI is InChI=1S/C15H20FN3O/c16-15-3-2-13(14(10-15)11-17)12-19-5-1-4-18(6-7-19)8-9-20/h2-3,10,20H,1,4-9,12H2. The predicted octanol–water partition coefficient (Wildman–Crippen LogP) is 1.20. The lowest BCUT2D eigenvalue weighted by Gasteiger charge is -2.21. The zero-order valence-electron chi connectivity index (χ0n) is 11.6. The summed E-state index contributed by atoms with van der Waals surface area (Å²) < 4.78 is 13.1. The molecule has 0 saturated carbocycles. The number of nitrogens with zero attached hydrogens (tertiary/aromatic N) is 3. The van der Waals surface area contributed by atoms with Gasteiger partial charge in [-0.25, -0.2) is 4.39 Å². The van der Waals surface area contributed by atoms with Gasteiger partial charge >= 0.3 is 0 Å². The summed E-state index contributed by atoms with van der Waals surface area (Å²) in [6.45, 7) is 5.36. The molecule has 0 bridgehead atoms. The molecule has 1 aromatic rings. The van der Waals surface area contributed by atoms with Crippen LogP contribution in [0.3, 0.4) is 0 Å². The molecule has 0 spiro atoms. The third kappa shape index (κ3) is 4.01. The van der Waals surface area contributed by atoms with Crippen molar-refractivity contribution in [1.29, 1.82) is 5.26 Å². The number of rotatable bonds is 4. The second-order valence-electron chi connectivity index (χ2n) is 5.11. The van der Waals surface area contributed by atoms with Gasteiger partial charge in [0.1, 0.15) is 5.82 Å². The highest BCUT2D eigenvalue weighted by atomic mass is 19.1. The largest absolute Gasteiger partial charge is 0.395 e. The van der Waals surface area contributed by atoms with Crippen LogP contribution in [-0.4, -0.2) is 54.2 Å². The summed E-state index contributed by atoms with van der Waals surface area (Å²) in [5, 5.41) is 18.0. The number of nitriles is 1. The molecule has 108 valence electrons. The van der Waals surface area contributed by atoms with E-state index in [4.69, 9.17) is 10.4 Å². The van der Waals surface area contributed by atoms with E-state index in [1.54, 1.807) is 6.07 Å². The Balaban J connectivity index is 1.98. The lowest BCUT2D eigenvalue weighted by molar-refractivity contribution is 0.196. The van der Waals surface area contributed by atoms with Crippen molar-refractivity contribution >= 4 is 0 Å². The first-order valence-electron chi connectivity index (χ1n) is 6.97. The number of aliphatic hydroxyl groups is 1. The molecule has 1 heterocycles. The van der Waals surface area contributed by atoms with Crippen LogP contribution in [0.5, 0.6) is 0 Å². The number of hydrogen-bond acceptors (Lipinski definition) is 4. The highest BCUT2D eigenvalue weighted by Crippen LogP contribution is 2.14. The molecule has 0 aromatic heterocycles. The van der Waals surface area contributed by atoms with Crippen molar-refractivity contribution in [2.75, 3.05) is 39.3 Å². The van der Waals surface area contributed by atoms with Gasteiger partial charge in [-0.15, -0.1) is 0 Å². The monoisotopic (exact) mass is 277 g/mol. The number of benzene rings is 1. The van der Waals surface area contributed by atoms with Gasteiger partial charge in [0.15, 0.2) is 0 Å². The minimum atomic E-state index is -0.365. The summed E-state index contributed by atoms with van der Waals surface area (Å²) in [4.78, 5) is 4.53. The van der Waals surface area contributed by atoms with Crippen molar-refractivity contribution in [3.8, 4) is 6.07 Å². The van der Waals surface area contributed by atoms with Crippen molar-refractivity contribution in [3.05, 3.63) is 35.1 Å². The van der Waals surface area contributed by atoms with Gasteiger partial charge in [0.2, 0.25) is 0 Å². The van der Waals surface area contributed by atoms with E-state index in [2.05, 4.69) is 15.9 Å². The smallest absolute Gasteiger partial charge is 0.124 e. The predicted molar refractivity (Wildman–Crippen MR) is 74.5 cm³/mol. The number of aliphatic hydroxyl groups excluding tert-OH is 1. The molecule has 1 aromatic carbocycles. The molecule has 20 heavy (non-hydrogen) atoms. The fourth-order valence-corrected chi connectivity index (χ4v) is 2.58. The third-order valence-electron chi connectivity index (χ3n) is 3.68. The topological polar surface area (TPSA) is 50.5 Å². The van der Waals surface area contributed by atoms with E-state index in [9.17, 15) is 4.39 Å². The first-order valence-corrected chi connectivity index (χ1v) is 6.97. The minimum absolute atomic E-state index is 0.191. The molecular formula is C15H20FN3O. The first kappa shape index (κ1) is 14.9. The number of hydrogen-bond donors (Lipinski definition) is 1. The molecule has 1 aliphatic rings. The number of halogens is 1. The molecule has 0 unspecified atom stereocenters. The Labute approximate surface area is 119 Å². The van der Waals surface area contributed by atoms with Crippen LogP contribution in [0.25, 0.3) is 0 Å². The van der Waals surface area contributed by atoms with Gasteiger partial charge < -0.3 is 5.11 Å². The van der Waals surface area contributed by atoms with E-state index in [0.717, 1.165) is 38.2 Å². The Hall–Kier alpha value is -1.48. The molecule has 0 aliphatic carbocycles. The van der Waals surface area contributed by atoms with Crippen LogP contribution in [-0.2, 0) is 6.54 Å². The Kier molecular flexibility index (Phi) is 5.48. The molecule has 0 radical (unpaired) electrons. The Morgan fingerprint density at radius 1 is 1.20 bits per heavy atom. The van der Waals surface area contributed by atoms with Gasteiger partial charge in [0, 0.05) is 26.2 Å². The minimum Gasteiger partial charge on any atom is -0.395 e. The summed E-state index contributed by atoms with van der Waals surface area (Å²) in [5.41, 5.74) is 1.30. The summed E-state index contributed by atoms with van der Waals surface area (Å²) in [6, 6.07) is 6.46. The molecule has 0 amide bonds. The second-order valence-corrected chi connectivity index (χ2v) is 5.11. The average molecular weight is 277 g/mol. The Bertz CT molecular complexity index is 486. The van der Waals surface area contributed by atoms with Crippen LogP contribution in [0, 0.1) is 17.1 Å². The molecule has 1 aliphatic heterocycles. The normalized spacial score (nSPS) is 17.6. The van der Waals surface area contributed by atoms with Crippen molar-refractivity contribution in [2.45, 2.75) is 13.0 Å². The van der Waals surface area contributed by atoms with E-state index < -0.39 is 0 Å². The molecule has 2 rings (SSSR count). The molecule has 4 nitrogen and oxygen atoms in total. The zero-order chi connectivity index (χ0) is 14.4. The van der Waals surface area contributed by atoms with Crippen LogP contribution < -0.4 is 0 Å². The van der Waals surface area contributed by atoms with Gasteiger partial charge in [0.05, 0.1) is 18.2 Å². The van der Waals surface area contributed by atoms with Crippen LogP contribution >= 0.6 is 0 Å². The summed E-state index contributed by atoms with van der Waals surface area (Å²) in [5.74, 6) is -0.365. The van der Waals surface area contributed by atoms with Crippen LogP contribution in [0.4, 0.5) is 4.39 Å². The molecule has 1 N–H and O–H groups in total. The zero-order valence-corrected chi connectivity index (χ0v) is 11.6. The highest BCUT2D eigenvalue weighted by Gasteiger charge is 2.15. The molecule has 1 saturated heterocycles. The van der Waals surface area contributed by atoms with Gasteiger partial charge in [-0.3, -0.25) is 9.80 Å². The van der Waals surface area contributed by atoms with E-state index in [1.165, 1.54) is 12.1 Å². The summed E-state index contributed by atoms with van der Waals surface area (Å²) in [7, 11) is 0. The van der Waals surface area contributed by atoms with E-state index in [1.807, 2.05) is 0 Å². The average Bonchev–Trinajstić information content (AvgIpc) is 2.67. The van der Waals surface area contributed by atoms with Crippen LogP contribution in [0.15, 0.2) is 18.2 Å². The van der Waals surface area contributed by atoms with Crippen LogP contribution in [0.2, 0.25) is 0 Å². The maximum absolute atomic E-state index is 13.1. The van der Waals surface area contributed by atoms with E-state index in [-0.39, 0.29) is 12.4 Å². The Morgan fingerprint density at radius 3 is 2.70 bits per heavy atom. The van der Waals surface area contributed by atoms with Crippen molar-refractivity contribution in [3.63, 3.8) is 0 Å². The van der Waals surface area contributed by atoms with Gasteiger partial charge in [-0.1, -0.05) is 6.07 Å². The summed E-state index contributed by atoms with van der Waals surface area (Å²) >= 11 is 0. The fraction of sp³-hybridized carbons (Fsp3) is 0.533. The summed E-state index contributed by atoms with van der Waals surface area (Å²) in [6.07, 6.45) is 1.04. The fourth-order valence-electron chi connectivity index (χ4n) is 2.58. The lowest BCUT2D eigenvalue weighted by Crippen LogP contribution is -2.32. The molecule has 1 fully saturated rings. The lowest BCUT2D eigenvalue weighted by atomic mass is 10.1. The maximum atomic E-state index is 13.1. The SMILES string of the molecule is N#Cc1cc(F)ccc1CN1CCCN(CCO)CC1. The van der Waals surface area contributed by atoms with Gasteiger partial charge in [-0.2, -0.15) is 5.26 Å². The molecule has 0 atom stereocenters. The van der Waals surface area contributed by atoms with Gasteiger partial charge in [0.25, 0.3) is 0 Å². The second kappa shape index (κ2) is 7.34. The maximum Gasteiger partial charge on any atom is 0.124 e. The van der Waals surface area contributed by atoms with Crippen molar-refractivity contribution in [1.82, 2.24) is 9.80 Å². The van der Waals surface area contributed by atoms with Crippen molar-refractivity contribution in [2.24, 2.45) is 0 Å². The molecular weight excluding hydrogens is 257 g/mol. The quantitative estimate of drug-likeness (QED) is 0.898. The highest BCUT2D eigenvalue weighted by molar-refractivity contribution is 5.37. The van der Waals surface area contributed by atoms with E-state index >= 15 is 0 Å². The van der Waals surface area contributed by atoms with Gasteiger partial charge in [-0.05, 0) is 37.2 Å². The Morgan fingerprint density at radius 2 is 1.95 bits per heavy atom. The van der Waals surface area contributed by atoms with Crippen LogP contribution in [0.1, 0.15) is 17.5 Å². The third-order valence-corrected chi connectivity index (χ3v) is 3.68.